The topological polar surface area (TPSA) is 456 Å². The number of carboxylic acids is 1. The van der Waals surface area contributed by atoms with Gasteiger partial charge in [0.1, 0.15) is 15.5 Å². The Morgan fingerprint density at radius 2 is 0.885 bits per heavy atom. The summed E-state index contributed by atoms with van der Waals surface area (Å²) in [6.07, 6.45) is 0. The van der Waals surface area contributed by atoms with Crippen molar-refractivity contribution in [2.45, 2.75) is 19.6 Å². The Hall–Kier alpha value is -9.68. The fourth-order valence-electron chi connectivity index (χ4n) is 6.81. The normalized spacial score (nSPS) is 12.6. The van der Waals surface area contributed by atoms with E-state index in [2.05, 4.69) is 51.1 Å². The number of aromatic amines is 2. The fourth-order valence-corrected chi connectivity index (χ4v) is 9.15. The van der Waals surface area contributed by atoms with E-state index >= 15 is 0 Å². The maximum absolute atomic E-state index is 13.2. The Balaban J connectivity index is 0.962. The van der Waals surface area contributed by atoms with Gasteiger partial charge in [-0.15, -0.1) is 15.3 Å². The lowest BCUT2D eigenvalue weighted by Gasteiger charge is -2.08. The maximum Gasteiger partial charge on any atom is 0.356 e. The van der Waals surface area contributed by atoms with Crippen LogP contribution >= 0.6 is 0 Å². The summed E-state index contributed by atoms with van der Waals surface area (Å²) in [5.41, 5.74) is -3.88. The molecule has 0 fully saturated rings. The van der Waals surface area contributed by atoms with Crippen molar-refractivity contribution in [2.24, 2.45) is 40.9 Å². The zero-order chi connectivity index (χ0) is 56.3. The Kier molecular flexibility index (Phi) is 15.1. The Morgan fingerprint density at radius 1 is 0.474 bits per heavy atom. The molecule has 0 radical (unpaired) electrons. The van der Waals surface area contributed by atoms with Crippen molar-refractivity contribution >= 4 is 98.4 Å². The molecule has 0 aliphatic rings. The molecule has 30 nitrogen and oxygen atoms in total. The lowest BCUT2D eigenvalue weighted by Crippen LogP contribution is -2.14. The van der Waals surface area contributed by atoms with Gasteiger partial charge in [-0.05, 0) is 121 Å². The van der Waals surface area contributed by atoms with E-state index in [0.29, 0.717) is 4.68 Å². The van der Waals surface area contributed by atoms with Crippen molar-refractivity contribution in [3.05, 3.63) is 160 Å². The zero-order valence-electron chi connectivity index (χ0n) is 38.4. The predicted octanol–water partition coefficient (Wildman–Crippen LogP) is 8.19. The minimum absolute atomic E-state index is 0.00150. The van der Waals surface area contributed by atoms with Crippen LogP contribution in [0, 0.1) is 0 Å². The quantitative estimate of drug-likeness (QED) is 0.0242. The minimum atomic E-state index is -5.09. The monoisotopic (exact) mass is 1140 g/mol. The van der Waals surface area contributed by atoms with Crippen molar-refractivity contribution in [3.63, 3.8) is 0 Å². The molecule has 6 aromatic carbocycles. The highest BCUT2D eigenvalue weighted by Crippen LogP contribution is 2.35. The van der Waals surface area contributed by atoms with Gasteiger partial charge >= 0.3 is 11.5 Å². The summed E-state index contributed by atoms with van der Waals surface area (Å²) in [5, 5.41) is 45.8. The Bertz CT molecular complexity index is 4420. The molecule has 0 amide bonds. The maximum atomic E-state index is 13.2. The van der Waals surface area contributed by atoms with Crippen LogP contribution in [0.15, 0.2) is 204 Å². The second-order valence-electron chi connectivity index (χ2n) is 15.5. The third-order valence-corrected chi connectivity index (χ3v) is 14.0. The van der Waals surface area contributed by atoms with E-state index < -0.39 is 106 Å². The molecule has 8 rings (SSSR count). The van der Waals surface area contributed by atoms with Gasteiger partial charge in [-0.1, -0.05) is 18.2 Å². The van der Waals surface area contributed by atoms with Crippen LogP contribution in [-0.2, 0) is 45.3 Å². The van der Waals surface area contributed by atoms with Crippen LogP contribution in [0.25, 0.3) is 22.5 Å². The lowest BCUT2D eigenvalue weighted by molar-refractivity contribution is -0.120. The first kappa shape index (κ1) is 54.6. The molecule has 2 heterocycles. The second-order valence-corrected chi connectivity index (χ2v) is 21.1. The van der Waals surface area contributed by atoms with Crippen molar-refractivity contribution in [2.75, 3.05) is 0 Å². The summed E-state index contributed by atoms with van der Waals surface area (Å²) in [6, 6.07) is 26.7. The van der Waals surface area contributed by atoms with Crippen molar-refractivity contribution < 1.29 is 71.3 Å². The van der Waals surface area contributed by atoms with Crippen LogP contribution in [0.2, 0.25) is 0 Å². The minimum Gasteiger partial charge on any atom is -0.476 e. The van der Waals surface area contributed by atoms with Crippen molar-refractivity contribution in [1.82, 2.24) is 19.6 Å². The first-order valence-corrected chi connectivity index (χ1v) is 26.8. The van der Waals surface area contributed by atoms with E-state index in [-0.39, 0.29) is 57.4 Å². The molecule has 0 aliphatic heterocycles. The van der Waals surface area contributed by atoms with Gasteiger partial charge in [-0.2, -0.15) is 59.2 Å². The van der Waals surface area contributed by atoms with Gasteiger partial charge in [-0.25, -0.2) is 14.2 Å². The molecule has 7 N–H and O–H groups in total. The summed E-state index contributed by atoms with van der Waals surface area (Å²) < 4.78 is 141. The van der Waals surface area contributed by atoms with Gasteiger partial charge in [0.15, 0.2) is 11.4 Å². The average Bonchev–Trinajstić information content (AvgIpc) is 4.01. The Labute approximate surface area is 436 Å². The molecule has 0 aliphatic carbocycles. The zero-order valence-corrected chi connectivity index (χ0v) is 41.7. The molecule has 8 aromatic rings. The smallest absolute Gasteiger partial charge is 0.356 e. The number of nitrogens with zero attached hydrogens (tertiary/aromatic N) is 10. The molecule has 0 saturated heterocycles. The van der Waals surface area contributed by atoms with Crippen molar-refractivity contribution in [1.29, 1.82) is 0 Å². The molecule has 0 unspecified atom stereocenters. The fraction of sp³-hybridized carbons (Fsp3) is 0. The number of hydrogen-bond donors (Lipinski definition) is 7. The van der Waals surface area contributed by atoms with Gasteiger partial charge in [0.2, 0.25) is 11.6 Å². The van der Waals surface area contributed by atoms with Gasteiger partial charge in [-0.3, -0.25) is 42.8 Å². The molecule has 0 saturated carbocycles. The van der Waals surface area contributed by atoms with Crippen LogP contribution in [0.4, 0.5) is 45.5 Å². The summed E-state index contributed by atoms with van der Waals surface area (Å²) in [7, 11) is -19.1. The average molecular weight is 1140 g/mol. The van der Waals surface area contributed by atoms with E-state index in [1.807, 2.05) is 0 Å². The number of carboxylic acid groups (broad SMARTS) is 1. The molecule has 0 atom stereocenters. The van der Waals surface area contributed by atoms with Crippen LogP contribution in [-0.4, -0.2) is 89.0 Å². The number of azo groups is 4. The van der Waals surface area contributed by atoms with E-state index in [1.165, 1.54) is 78.9 Å². The standard InChI is InChI=1S/C44H30N12O18S4/c57-23-74-41-40(43(59)56(54-41)31-13-17-33(18-14-31)76(65,66)67)52-47-27-7-5-26(6-8-27)46-48-28-9-19-34(36(21-28)77(68,69)70)24-1-3-25(4-2-24)45-49-29-10-20-35(37(22-29)78(71,72)73)50-51-38-39(44(60)61)53-55(42(38)58)30-11-15-32(16-12-30)75(62,63)64/h1-23,53-54H,(H,60,61)(H,62,63,64)(H,65,66,67)(H,68,69,70)(H,71,72,73). The highest BCUT2D eigenvalue weighted by atomic mass is 32.2. The van der Waals surface area contributed by atoms with Crippen LogP contribution in [0.3, 0.4) is 0 Å². The summed E-state index contributed by atoms with van der Waals surface area (Å²) >= 11 is 0. The number of nitrogens with one attached hydrogen (secondary N) is 2. The predicted molar refractivity (Wildman–Crippen MR) is 267 cm³/mol. The molecule has 0 bridgehead atoms. The molecular weight excluding hydrogens is 1110 g/mol. The number of rotatable bonds is 18. The third-order valence-electron chi connectivity index (χ3n) is 10.4. The molecule has 398 valence electrons. The van der Waals surface area contributed by atoms with Crippen molar-refractivity contribution in [3.8, 4) is 28.4 Å². The van der Waals surface area contributed by atoms with Gasteiger partial charge < -0.3 is 9.84 Å². The number of benzene rings is 6. The van der Waals surface area contributed by atoms with E-state index in [9.17, 15) is 76.2 Å². The summed E-state index contributed by atoms with van der Waals surface area (Å²) in [5.74, 6) is -2.09. The third kappa shape index (κ3) is 12.4. The van der Waals surface area contributed by atoms with E-state index in [0.717, 1.165) is 59.3 Å². The van der Waals surface area contributed by atoms with Crippen LogP contribution in [0.1, 0.15) is 10.5 Å². The number of carbonyl (C=O) groups is 2. The van der Waals surface area contributed by atoms with E-state index in [4.69, 9.17) is 4.74 Å². The van der Waals surface area contributed by atoms with Gasteiger partial charge in [0.25, 0.3) is 52.5 Å². The molecular formula is C44H30N12O18S4. The largest absolute Gasteiger partial charge is 0.476 e. The second kappa shape index (κ2) is 21.5. The lowest BCUT2D eigenvalue weighted by atomic mass is 10.0. The number of carbonyl (C=O) groups excluding carboxylic acids is 1. The SMILES string of the molecule is O=COc1[nH]n(-c2ccc(S(=O)(=O)O)cc2)c(=O)c1N=Nc1ccc(N=Nc2ccc(-c3ccc(N=Nc4ccc(N=Nc5c(C(=O)O)[nH]n(-c6ccc(S(=O)(=O)O)cc6)c5=O)c(S(=O)(=O)O)c4)cc3)c(S(=O)(=O)O)c2)cc1. The molecule has 34 heteroatoms. The number of hydrogen-bond acceptors (Lipinski definition) is 21. The molecule has 78 heavy (non-hydrogen) atoms. The van der Waals surface area contributed by atoms with Crippen LogP contribution < -0.4 is 15.9 Å². The Morgan fingerprint density at radius 3 is 1.36 bits per heavy atom. The summed E-state index contributed by atoms with van der Waals surface area (Å²) in [4.78, 5) is 47.0. The number of H-pyrrole nitrogens is 2. The highest BCUT2D eigenvalue weighted by Gasteiger charge is 2.24. The van der Waals surface area contributed by atoms with Gasteiger partial charge in [0.05, 0.1) is 49.6 Å². The molecule has 2 aromatic heterocycles. The molecule has 0 spiro atoms. The number of aromatic nitrogens is 4. The highest BCUT2D eigenvalue weighted by molar-refractivity contribution is 7.86. The summed E-state index contributed by atoms with van der Waals surface area (Å²) in [6.45, 7) is 0.0295. The van der Waals surface area contributed by atoms with E-state index in [1.54, 1.807) is 0 Å². The number of aromatic carboxylic acids is 1. The van der Waals surface area contributed by atoms with Gasteiger partial charge in [0, 0.05) is 5.56 Å². The first-order chi connectivity index (χ1) is 36.8. The first-order valence-electron chi connectivity index (χ1n) is 21.1. The number of ether oxygens (including phenoxy) is 1. The van der Waals surface area contributed by atoms with Crippen LogP contribution in [0.5, 0.6) is 5.88 Å².